The van der Waals surface area contributed by atoms with Crippen molar-refractivity contribution in [2.45, 2.75) is 56.8 Å². The summed E-state index contributed by atoms with van der Waals surface area (Å²) in [5.74, 6) is 0. The highest BCUT2D eigenvalue weighted by atomic mass is 16.6. The van der Waals surface area contributed by atoms with Gasteiger partial charge in [0.1, 0.15) is 5.60 Å². The number of nitrogens with two attached hydrogens (primary N) is 1. The molecule has 0 radical (unpaired) electrons. The maximum atomic E-state index is 12.4. The molecule has 1 aliphatic heterocycles. The van der Waals surface area contributed by atoms with Crippen molar-refractivity contribution in [1.82, 2.24) is 4.90 Å². The SMILES string of the molecule is C[C@@H](c1ccc(N)cc1)N1CCC2(CCC(O)CC2)OC1=O. The number of rotatable bonds is 2. The van der Waals surface area contributed by atoms with E-state index in [1.165, 1.54) is 0 Å². The van der Waals surface area contributed by atoms with Crippen LogP contribution in [0.3, 0.4) is 0 Å². The first-order valence-electron chi connectivity index (χ1n) is 8.02. The number of nitrogen functional groups attached to an aromatic ring is 1. The zero-order chi connectivity index (χ0) is 15.7. The third-order valence-corrected chi connectivity index (χ3v) is 5.10. The molecule has 1 spiro atoms. The fourth-order valence-corrected chi connectivity index (χ4v) is 3.50. The van der Waals surface area contributed by atoms with Crippen molar-refractivity contribution in [3.8, 4) is 0 Å². The summed E-state index contributed by atoms with van der Waals surface area (Å²) in [4.78, 5) is 14.2. The average Bonchev–Trinajstić information content (AvgIpc) is 2.51. The summed E-state index contributed by atoms with van der Waals surface area (Å²) in [6, 6.07) is 7.58. The Morgan fingerprint density at radius 3 is 2.50 bits per heavy atom. The average molecular weight is 304 g/mol. The predicted octanol–water partition coefficient (Wildman–Crippen LogP) is 2.85. The molecule has 5 heteroatoms. The van der Waals surface area contributed by atoms with Gasteiger partial charge in [0.25, 0.3) is 0 Å². The molecule has 0 unspecified atom stereocenters. The molecular weight excluding hydrogens is 280 g/mol. The number of benzene rings is 1. The number of carbonyl (C=O) groups excluding carboxylic acids is 1. The van der Waals surface area contributed by atoms with Crippen LogP contribution in [0.25, 0.3) is 0 Å². The Morgan fingerprint density at radius 2 is 1.91 bits per heavy atom. The van der Waals surface area contributed by atoms with Crippen LogP contribution in [0.1, 0.15) is 50.6 Å². The van der Waals surface area contributed by atoms with Gasteiger partial charge in [-0.05, 0) is 50.3 Å². The van der Waals surface area contributed by atoms with Crippen LogP contribution in [0.4, 0.5) is 10.5 Å². The van der Waals surface area contributed by atoms with E-state index in [1.807, 2.05) is 31.2 Å². The molecule has 1 aliphatic carbocycles. The van der Waals surface area contributed by atoms with Crippen LogP contribution in [0, 0.1) is 0 Å². The minimum atomic E-state index is -0.354. The largest absolute Gasteiger partial charge is 0.443 e. The molecule has 5 nitrogen and oxygen atoms in total. The summed E-state index contributed by atoms with van der Waals surface area (Å²) in [6.07, 6.45) is 3.34. The molecule has 1 aromatic rings. The highest BCUT2D eigenvalue weighted by molar-refractivity contribution is 5.70. The van der Waals surface area contributed by atoms with Crippen LogP contribution in [0.2, 0.25) is 0 Å². The molecule has 0 aromatic heterocycles. The third-order valence-electron chi connectivity index (χ3n) is 5.10. The number of anilines is 1. The number of aliphatic hydroxyl groups excluding tert-OH is 1. The first-order valence-corrected chi connectivity index (χ1v) is 8.02. The van der Waals surface area contributed by atoms with Gasteiger partial charge in [0, 0.05) is 18.7 Å². The van der Waals surface area contributed by atoms with Crippen LogP contribution < -0.4 is 5.73 Å². The molecule has 3 rings (SSSR count). The minimum Gasteiger partial charge on any atom is -0.443 e. The molecule has 1 saturated carbocycles. The van der Waals surface area contributed by atoms with Crippen molar-refractivity contribution in [2.75, 3.05) is 12.3 Å². The number of hydrogen-bond acceptors (Lipinski definition) is 4. The molecule has 1 aromatic carbocycles. The Bertz CT molecular complexity index is 535. The Labute approximate surface area is 131 Å². The molecule has 1 atom stereocenters. The standard InChI is InChI=1S/C17H24N2O3/c1-12(13-2-4-14(18)5-3-13)19-11-10-17(22-16(19)21)8-6-15(20)7-9-17/h2-5,12,15,20H,6-11,18H2,1H3/t12-,15?,17?/m0/s1. The molecular formula is C17H24N2O3. The second-order valence-corrected chi connectivity index (χ2v) is 6.57. The molecule has 1 heterocycles. The monoisotopic (exact) mass is 304 g/mol. The lowest BCUT2D eigenvalue weighted by molar-refractivity contribution is -0.0908. The molecule has 2 aliphatic rings. The van der Waals surface area contributed by atoms with E-state index in [9.17, 15) is 9.90 Å². The maximum Gasteiger partial charge on any atom is 0.410 e. The van der Waals surface area contributed by atoms with E-state index in [-0.39, 0.29) is 23.8 Å². The van der Waals surface area contributed by atoms with Gasteiger partial charge in [0.2, 0.25) is 0 Å². The van der Waals surface area contributed by atoms with Crippen molar-refractivity contribution in [3.63, 3.8) is 0 Å². The number of hydrogen-bond donors (Lipinski definition) is 2. The van der Waals surface area contributed by atoms with E-state index < -0.39 is 0 Å². The molecule has 120 valence electrons. The molecule has 0 bridgehead atoms. The number of carbonyl (C=O) groups is 1. The van der Waals surface area contributed by atoms with Gasteiger partial charge >= 0.3 is 6.09 Å². The molecule has 22 heavy (non-hydrogen) atoms. The smallest absolute Gasteiger partial charge is 0.410 e. The molecule has 3 N–H and O–H groups in total. The van der Waals surface area contributed by atoms with E-state index in [2.05, 4.69) is 0 Å². The highest BCUT2D eigenvalue weighted by Gasteiger charge is 2.44. The Kier molecular flexibility index (Phi) is 4.00. The Morgan fingerprint density at radius 1 is 1.27 bits per heavy atom. The zero-order valence-electron chi connectivity index (χ0n) is 13.0. The van der Waals surface area contributed by atoms with E-state index in [4.69, 9.17) is 10.5 Å². The van der Waals surface area contributed by atoms with Gasteiger partial charge < -0.3 is 20.5 Å². The fourth-order valence-electron chi connectivity index (χ4n) is 3.50. The van der Waals surface area contributed by atoms with Crippen LogP contribution in [0.5, 0.6) is 0 Å². The molecule has 2 fully saturated rings. The lowest BCUT2D eigenvalue weighted by Gasteiger charge is -2.45. The quantitative estimate of drug-likeness (QED) is 0.824. The summed E-state index contributed by atoms with van der Waals surface area (Å²) < 4.78 is 5.79. The van der Waals surface area contributed by atoms with Gasteiger partial charge in [0.15, 0.2) is 0 Å². The third kappa shape index (κ3) is 2.90. The number of nitrogens with zero attached hydrogens (tertiary/aromatic N) is 1. The normalized spacial score (nSPS) is 30.2. The zero-order valence-corrected chi connectivity index (χ0v) is 13.0. The molecule has 1 saturated heterocycles. The fraction of sp³-hybridized carbons (Fsp3) is 0.588. The van der Waals surface area contributed by atoms with Crippen molar-refractivity contribution >= 4 is 11.8 Å². The second-order valence-electron chi connectivity index (χ2n) is 6.57. The van der Waals surface area contributed by atoms with Gasteiger partial charge in [-0.1, -0.05) is 12.1 Å². The van der Waals surface area contributed by atoms with Crippen molar-refractivity contribution in [2.24, 2.45) is 0 Å². The Hall–Kier alpha value is -1.75. The van der Waals surface area contributed by atoms with Crippen LogP contribution >= 0.6 is 0 Å². The first-order chi connectivity index (χ1) is 10.5. The van der Waals surface area contributed by atoms with Gasteiger partial charge in [0.05, 0.1) is 12.1 Å². The summed E-state index contributed by atoms with van der Waals surface area (Å²) in [5.41, 5.74) is 7.13. The summed E-state index contributed by atoms with van der Waals surface area (Å²) in [5, 5.41) is 9.64. The highest BCUT2D eigenvalue weighted by Crippen LogP contribution is 2.39. The number of amides is 1. The summed E-state index contributed by atoms with van der Waals surface area (Å²) >= 11 is 0. The van der Waals surface area contributed by atoms with Gasteiger partial charge in [-0.25, -0.2) is 4.79 Å². The van der Waals surface area contributed by atoms with Gasteiger partial charge in [-0.3, -0.25) is 0 Å². The topological polar surface area (TPSA) is 75.8 Å². The summed E-state index contributed by atoms with van der Waals surface area (Å²) in [7, 11) is 0. The van der Waals surface area contributed by atoms with Crippen molar-refractivity contribution < 1.29 is 14.6 Å². The number of aliphatic hydroxyl groups is 1. The Balaban J connectivity index is 1.68. The van der Waals surface area contributed by atoms with Crippen LogP contribution in [0.15, 0.2) is 24.3 Å². The summed E-state index contributed by atoms with van der Waals surface area (Å²) in [6.45, 7) is 2.70. The van der Waals surface area contributed by atoms with Crippen LogP contribution in [-0.4, -0.2) is 34.3 Å². The first kappa shape index (κ1) is 15.2. The maximum absolute atomic E-state index is 12.4. The number of ether oxygens (including phenoxy) is 1. The van der Waals surface area contributed by atoms with E-state index in [0.717, 1.165) is 43.4 Å². The lowest BCUT2D eigenvalue weighted by Crippen LogP contribution is -2.52. The second kappa shape index (κ2) is 5.80. The van der Waals surface area contributed by atoms with Crippen molar-refractivity contribution in [3.05, 3.63) is 29.8 Å². The van der Waals surface area contributed by atoms with E-state index in [0.29, 0.717) is 6.54 Å². The molecule has 1 amide bonds. The van der Waals surface area contributed by atoms with Crippen LogP contribution in [-0.2, 0) is 4.74 Å². The van der Waals surface area contributed by atoms with E-state index >= 15 is 0 Å². The minimum absolute atomic E-state index is 0.0281. The van der Waals surface area contributed by atoms with E-state index in [1.54, 1.807) is 4.90 Å². The van der Waals surface area contributed by atoms with Crippen molar-refractivity contribution in [1.29, 1.82) is 0 Å². The lowest BCUT2D eigenvalue weighted by atomic mass is 9.80. The van der Waals surface area contributed by atoms with Gasteiger partial charge in [-0.15, -0.1) is 0 Å². The van der Waals surface area contributed by atoms with Gasteiger partial charge in [-0.2, -0.15) is 0 Å². The predicted molar refractivity (Wildman–Crippen MR) is 84.3 cm³/mol.